The molecule has 2 aliphatic heterocycles. The number of hydrogen-bond acceptors (Lipinski definition) is 1. The number of benzene rings is 1. The van der Waals surface area contributed by atoms with Crippen molar-refractivity contribution in [1.29, 1.82) is 0 Å². The molecule has 1 atom stereocenters. The van der Waals surface area contributed by atoms with Crippen molar-refractivity contribution >= 4 is 5.69 Å². The fraction of sp³-hybridized carbons (Fsp3) is 0.333. The molecule has 1 aromatic carbocycles. The van der Waals surface area contributed by atoms with Crippen molar-refractivity contribution in [3.63, 3.8) is 0 Å². The maximum atomic E-state index is 4.12. The molecular weight excluding hydrogens is 194 g/mol. The first-order chi connectivity index (χ1) is 7.75. The van der Waals surface area contributed by atoms with E-state index in [2.05, 4.69) is 42.3 Å². The van der Waals surface area contributed by atoms with Gasteiger partial charge in [-0.1, -0.05) is 31.4 Å². The van der Waals surface area contributed by atoms with Crippen LogP contribution in [-0.4, -0.2) is 12.6 Å². The van der Waals surface area contributed by atoms with Gasteiger partial charge in [-0.25, -0.2) is 0 Å². The van der Waals surface area contributed by atoms with E-state index in [0.717, 1.165) is 13.0 Å². The van der Waals surface area contributed by atoms with Crippen LogP contribution in [0.3, 0.4) is 0 Å². The van der Waals surface area contributed by atoms with Gasteiger partial charge in [0.2, 0.25) is 0 Å². The third-order valence-corrected chi connectivity index (χ3v) is 3.83. The van der Waals surface area contributed by atoms with Gasteiger partial charge in [0.25, 0.3) is 0 Å². The first-order valence-electron chi connectivity index (χ1n) is 5.96. The largest absolute Gasteiger partial charge is 0.364 e. The minimum atomic E-state index is 0.646. The first-order valence-corrected chi connectivity index (χ1v) is 5.96. The summed E-state index contributed by atoms with van der Waals surface area (Å²) in [6.07, 6.45) is 3.55. The van der Waals surface area contributed by atoms with E-state index >= 15 is 0 Å². The Morgan fingerprint density at radius 3 is 2.81 bits per heavy atom. The van der Waals surface area contributed by atoms with E-state index in [1.54, 1.807) is 0 Å². The van der Waals surface area contributed by atoms with Crippen LogP contribution < -0.4 is 4.90 Å². The van der Waals surface area contributed by atoms with Gasteiger partial charge in [0.15, 0.2) is 0 Å². The van der Waals surface area contributed by atoms with E-state index in [0.29, 0.717) is 6.04 Å². The lowest BCUT2D eigenvalue weighted by atomic mass is 9.86. The molecule has 82 valence electrons. The molecule has 1 saturated heterocycles. The molecule has 2 heterocycles. The molecule has 0 saturated carbocycles. The minimum absolute atomic E-state index is 0.646. The van der Waals surface area contributed by atoms with Gasteiger partial charge in [0.1, 0.15) is 0 Å². The Morgan fingerprint density at radius 2 is 1.94 bits per heavy atom. The predicted octanol–water partition coefficient (Wildman–Crippen LogP) is 3.32. The van der Waals surface area contributed by atoms with Crippen molar-refractivity contribution in [2.75, 3.05) is 11.4 Å². The van der Waals surface area contributed by atoms with E-state index in [1.807, 2.05) is 0 Å². The van der Waals surface area contributed by atoms with Crippen molar-refractivity contribution < 1.29 is 0 Å². The maximum Gasteiger partial charge on any atom is 0.0429 e. The zero-order valence-electron chi connectivity index (χ0n) is 9.58. The lowest BCUT2D eigenvalue weighted by molar-refractivity contribution is 0.515. The van der Waals surface area contributed by atoms with E-state index in [1.165, 1.54) is 35.2 Å². The van der Waals surface area contributed by atoms with Gasteiger partial charge < -0.3 is 4.90 Å². The van der Waals surface area contributed by atoms with Gasteiger partial charge in [-0.15, -0.1) is 0 Å². The summed E-state index contributed by atoms with van der Waals surface area (Å²) in [7, 11) is 0. The summed E-state index contributed by atoms with van der Waals surface area (Å²) in [5.74, 6) is 0. The molecule has 0 bridgehead atoms. The maximum absolute atomic E-state index is 4.12. The Bertz CT molecular complexity index is 458. The van der Waals surface area contributed by atoms with Crippen LogP contribution in [0.25, 0.3) is 0 Å². The smallest absolute Gasteiger partial charge is 0.0429 e. The third kappa shape index (κ3) is 1.39. The Kier molecular flexibility index (Phi) is 2.13. The predicted molar refractivity (Wildman–Crippen MR) is 68.8 cm³/mol. The molecule has 16 heavy (non-hydrogen) atoms. The Hall–Kier alpha value is -1.50. The van der Waals surface area contributed by atoms with Crippen LogP contribution in [0.1, 0.15) is 18.4 Å². The molecule has 0 radical (unpaired) electrons. The fourth-order valence-corrected chi connectivity index (χ4v) is 2.85. The highest BCUT2D eigenvalue weighted by molar-refractivity contribution is 5.59. The molecule has 1 nitrogen and oxygen atoms in total. The molecule has 1 fully saturated rings. The van der Waals surface area contributed by atoms with Crippen LogP contribution >= 0.6 is 0 Å². The summed E-state index contributed by atoms with van der Waals surface area (Å²) < 4.78 is 0. The van der Waals surface area contributed by atoms with E-state index in [9.17, 15) is 0 Å². The zero-order chi connectivity index (χ0) is 11.1. The van der Waals surface area contributed by atoms with Gasteiger partial charge in [-0.05, 0) is 42.0 Å². The number of anilines is 1. The monoisotopic (exact) mass is 211 g/mol. The highest BCUT2D eigenvalue weighted by atomic mass is 15.2. The molecule has 0 amide bonds. The quantitative estimate of drug-likeness (QED) is 0.636. The lowest BCUT2D eigenvalue weighted by Gasteiger charge is -2.43. The van der Waals surface area contributed by atoms with Gasteiger partial charge in [-0.3, -0.25) is 0 Å². The summed E-state index contributed by atoms with van der Waals surface area (Å²) >= 11 is 0. The Balaban J connectivity index is 2.00. The second kappa shape index (κ2) is 3.51. The molecule has 2 aliphatic rings. The first kappa shape index (κ1) is 9.71. The van der Waals surface area contributed by atoms with Crippen LogP contribution in [-0.2, 0) is 6.42 Å². The summed E-state index contributed by atoms with van der Waals surface area (Å²) in [5, 5.41) is 0. The normalized spacial score (nSPS) is 24.0. The average Bonchev–Trinajstić information content (AvgIpc) is 2.31. The van der Waals surface area contributed by atoms with Gasteiger partial charge in [0.05, 0.1) is 0 Å². The third-order valence-electron chi connectivity index (χ3n) is 3.83. The number of piperidine rings is 1. The molecule has 1 aromatic rings. The van der Waals surface area contributed by atoms with Crippen molar-refractivity contribution in [3.05, 3.63) is 54.1 Å². The Labute approximate surface area is 97.1 Å². The summed E-state index contributed by atoms with van der Waals surface area (Å²) in [5.41, 5.74) is 5.35. The minimum Gasteiger partial charge on any atom is -0.364 e. The molecule has 3 rings (SSSR count). The summed E-state index contributed by atoms with van der Waals surface area (Å²) in [4.78, 5) is 2.51. The highest BCUT2D eigenvalue weighted by Crippen LogP contribution is 2.37. The highest BCUT2D eigenvalue weighted by Gasteiger charge is 2.30. The molecule has 0 aromatic heterocycles. The fourth-order valence-electron chi connectivity index (χ4n) is 2.85. The van der Waals surface area contributed by atoms with Crippen molar-refractivity contribution in [2.45, 2.75) is 25.3 Å². The van der Waals surface area contributed by atoms with Gasteiger partial charge >= 0.3 is 0 Å². The average molecular weight is 211 g/mol. The van der Waals surface area contributed by atoms with Gasteiger partial charge in [0, 0.05) is 18.3 Å². The number of fused-ring (bicyclic) bond motifs is 3. The lowest BCUT2D eigenvalue weighted by Crippen LogP contribution is -2.44. The van der Waals surface area contributed by atoms with E-state index in [-0.39, 0.29) is 0 Å². The van der Waals surface area contributed by atoms with Crippen LogP contribution in [0.5, 0.6) is 0 Å². The number of aryl methyl sites for hydroxylation is 1. The SMILES string of the molecule is C=C1CC2CCc3ccccc3N2CC1=C. The molecule has 1 unspecified atom stereocenters. The molecular formula is C15H17N. The Morgan fingerprint density at radius 1 is 1.12 bits per heavy atom. The van der Waals surface area contributed by atoms with Crippen LogP contribution in [0.4, 0.5) is 5.69 Å². The van der Waals surface area contributed by atoms with E-state index in [4.69, 9.17) is 0 Å². The number of hydrogen-bond donors (Lipinski definition) is 0. The van der Waals surface area contributed by atoms with E-state index < -0.39 is 0 Å². The second-order valence-electron chi connectivity index (χ2n) is 4.86. The summed E-state index contributed by atoms with van der Waals surface area (Å²) in [6.45, 7) is 9.19. The topological polar surface area (TPSA) is 3.24 Å². The molecule has 1 heteroatoms. The second-order valence-corrected chi connectivity index (χ2v) is 4.86. The van der Waals surface area contributed by atoms with Gasteiger partial charge in [-0.2, -0.15) is 0 Å². The number of rotatable bonds is 0. The van der Waals surface area contributed by atoms with Crippen LogP contribution in [0.2, 0.25) is 0 Å². The zero-order valence-corrected chi connectivity index (χ0v) is 9.58. The number of para-hydroxylation sites is 1. The standard InChI is InChI=1S/C15H17N/c1-11-9-14-8-7-13-5-3-4-6-15(13)16(14)10-12(11)2/h3-6,14H,1-2,7-10H2. The molecule has 0 N–H and O–H groups in total. The number of nitrogens with zero attached hydrogens (tertiary/aromatic N) is 1. The van der Waals surface area contributed by atoms with Crippen LogP contribution in [0.15, 0.2) is 48.6 Å². The van der Waals surface area contributed by atoms with Crippen molar-refractivity contribution in [3.8, 4) is 0 Å². The van der Waals surface area contributed by atoms with Crippen LogP contribution in [0, 0.1) is 0 Å². The van der Waals surface area contributed by atoms with Crippen molar-refractivity contribution in [1.82, 2.24) is 0 Å². The van der Waals surface area contributed by atoms with Crippen molar-refractivity contribution in [2.24, 2.45) is 0 Å². The molecule has 0 aliphatic carbocycles. The summed E-state index contributed by atoms with van der Waals surface area (Å²) in [6, 6.07) is 9.40. The molecule has 0 spiro atoms.